The first-order chi connectivity index (χ1) is 18.8. The molecule has 4 nitrogen and oxygen atoms in total. The van der Waals surface area contributed by atoms with Gasteiger partial charge in [0.05, 0.1) is 12.7 Å². The summed E-state index contributed by atoms with van der Waals surface area (Å²) in [5, 5.41) is 3.81. The third-order valence-electron chi connectivity index (χ3n) is 7.59. The first-order valence-corrected chi connectivity index (χ1v) is 15.2. The Bertz CT molecular complexity index is 1210. The molecule has 1 fully saturated rings. The number of carbonyl (C=O) groups excluding carboxylic acids is 1. The number of benzene rings is 2. The van der Waals surface area contributed by atoms with Crippen LogP contribution in [0.15, 0.2) is 87.4 Å². The zero-order chi connectivity index (χ0) is 27.8. The molecule has 2 aromatic carbocycles. The number of halogens is 2. The standard InChI is InChI=1S/C33H40BrClN2O2/c1-23(2)33(38)36-30-9-5-7-27(21-30)25-14-17-37(18-15-25)19-16-32(26-10-12-29(34)13-11-26)39-22-28-8-4-6-24(3)20-31(28)35/h5-13,20-21,23,25,32H,4,14-19,22H2,1-3H3,(H,36,38). The molecule has 4 rings (SSSR count). The van der Waals surface area contributed by atoms with Crippen LogP contribution in [0.25, 0.3) is 0 Å². The van der Waals surface area contributed by atoms with E-state index in [9.17, 15) is 4.79 Å². The zero-order valence-corrected chi connectivity index (χ0v) is 25.6. The second kappa shape index (κ2) is 14.5. The van der Waals surface area contributed by atoms with Crippen molar-refractivity contribution in [2.75, 3.05) is 31.6 Å². The summed E-state index contributed by atoms with van der Waals surface area (Å²) < 4.78 is 7.59. The number of anilines is 1. The number of amides is 1. The van der Waals surface area contributed by atoms with E-state index in [4.69, 9.17) is 16.3 Å². The van der Waals surface area contributed by atoms with Gasteiger partial charge in [-0.25, -0.2) is 0 Å². The van der Waals surface area contributed by atoms with E-state index in [0.717, 1.165) is 66.1 Å². The molecule has 1 unspecified atom stereocenters. The molecule has 39 heavy (non-hydrogen) atoms. The average molecular weight is 612 g/mol. The number of likely N-dealkylation sites (tertiary alicyclic amines) is 1. The van der Waals surface area contributed by atoms with Crippen LogP contribution in [0, 0.1) is 5.92 Å². The number of nitrogens with one attached hydrogen (secondary N) is 1. The van der Waals surface area contributed by atoms with E-state index in [2.05, 4.69) is 87.7 Å². The Hall–Kier alpha value is -2.18. The Morgan fingerprint density at radius 1 is 1.13 bits per heavy atom. The fourth-order valence-corrected chi connectivity index (χ4v) is 5.69. The first kappa shape index (κ1) is 29.8. The summed E-state index contributed by atoms with van der Waals surface area (Å²) in [5.74, 6) is 0.550. The van der Waals surface area contributed by atoms with E-state index >= 15 is 0 Å². The van der Waals surface area contributed by atoms with E-state index in [1.165, 1.54) is 16.7 Å². The summed E-state index contributed by atoms with van der Waals surface area (Å²) in [4.78, 5) is 14.7. The number of allylic oxidation sites excluding steroid dienone is 4. The largest absolute Gasteiger partial charge is 0.369 e. The van der Waals surface area contributed by atoms with Gasteiger partial charge < -0.3 is 15.0 Å². The highest BCUT2D eigenvalue weighted by Gasteiger charge is 2.23. The molecule has 0 spiro atoms. The number of hydrogen-bond donors (Lipinski definition) is 1. The van der Waals surface area contributed by atoms with Crippen molar-refractivity contribution in [1.82, 2.24) is 4.90 Å². The van der Waals surface area contributed by atoms with E-state index in [1.54, 1.807) is 0 Å². The first-order valence-electron chi connectivity index (χ1n) is 14.0. The lowest BCUT2D eigenvalue weighted by atomic mass is 9.89. The topological polar surface area (TPSA) is 41.6 Å². The lowest BCUT2D eigenvalue weighted by Crippen LogP contribution is -2.34. The summed E-state index contributed by atoms with van der Waals surface area (Å²) in [6.07, 6.45) is 10.4. The second-order valence-electron chi connectivity index (χ2n) is 10.9. The minimum absolute atomic E-state index is 0.000232. The van der Waals surface area contributed by atoms with Gasteiger partial charge in [0.15, 0.2) is 0 Å². The van der Waals surface area contributed by atoms with Crippen molar-refractivity contribution in [2.24, 2.45) is 5.92 Å². The second-order valence-corrected chi connectivity index (χ2v) is 12.3. The van der Waals surface area contributed by atoms with Crippen LogP contribution in [0.5, 0.6) is 0 Å². The normalized spacial score (nSPS) is 17.7. The van der Waals surface area contributed by atoms with Crippen molar-refractivity contribution in [1.29, 1.82) is 0 Å². The highest BCUT2D eigenvalue weighted by atomic mass is 79.9. The number of piperidine rings is 1. The maximum Gasteiger partial charge on any atom is 0.226 e. The Morgan fingerprint density at radius 2 is 1.87 bits per heavy atom. The zero-order valence-electron chi connectivity index (χ0n) is 23.3. The molecule has 0 aromatic heterocycles. The third-order valence-corrected chi connectivity index (χ3v) is 8.47. The van der Waals surface area contributed by atoms with Crippen molar-refractivity contribution in [2.45, 2.75) is 58.5 Å². The number of hydrogen-bond acceptors (Lipinski definition) is 3. The molecule has 208 valence electrons. The van der Waals surface area contributed by atoms with Crippen molar-refractivity contribution in [3.63, 3.8) is 0 Å². The molecule has 1 amide bonds. The molecule has 1 aliphatic heterocycles. The maximum atomic E-state index is 12.1. The molecule has 1 N–H and O–H groups in total. The third kappa shape index (κ3) is 8.91. The molecular formula is C33H40BrClN2O2. The van der Waals surface area contributed by atoms with Gasteiger partial charge in [0.1, 0.15) is 0 Å². The van der Waals surface area contributed by atoms with Gasteiger partial charge in [0.25, 0.3) is 0 Å². The van der Waals surface area contributed by atoms with E-state index in [-0.39, 0.29) is 17.9 Å². The Balaban J connectivity index is 1.33. The van der Waals surface area contributed by atoms with E-state index in [1.807, 2.05) is 26.0 Å². The quantitative estimate of drug-likeness (QED) is 0.292. The number of ether oxygens (including phenoxy) is 1. The molecule has 2 aliphatic rings. The molecular weight excluding hydrogens is 572 g/mol. The van der Waals surface area contributed by atoms with Gasteiger partial charge in [0, 0.05) is 27.7 Å². The molecule has 2 aromatic rings. The van der Waals surface area contributed by atoms with Gasteiger partial charge in [-0.15, -0.1) is 0 Å². The molecule has 1 atom stereocenters. The van der Waals surface area contributed by atoms with Crippen LogP contribution in [0.1, 0.15) is 69.6 Å². The Labute approximate surface area is 247 Å². The SMILES string of the molecule is CC1=CCC=C(COC(CCN2CCC(c3cccc(NC(=O)C(C)C)c3)CC2)c2ccc(Br)cc2)C(Cl)=C1. The van der Waals surface area contributed by atoms with Gasteiger partial charge in [-0.3, -0.25) is 4.79 Å². The monoisotopic (exact) mass is 610 g/mol. The average Bonchev–Trinajstić information content (AvgIpc) is 3.09. The van der Waals surface area contributed by atoms with Crippen LogP contribution in [-0.4, -0.2) is 37.0 Å². The predicted octanol–water partition coefficient (Wildman–Crippen LogP) is 8.77. The highest BCUT2D eigenvalue weighted by Crippen LogP contribution is 2.32. The molecule has 0 saturated carbocycles. The van der Waals surface area contributed by atoms with Crippen LogP contribution < -0.4 is 5.32 Å². The van der Waals surface area contributed by atoms with Crippen molar-refractivity contribution >= 4 is 39.1 Å². The maximum absolute atomic E-state index is 12.1. The smallest absolute Gasteiger partial charge is 0.226 e. The van der Waals surface area contributed by atoms with E-state index < -0.39 is 0 Å². The van der Waals surface area contributed by atoms with Crippen LogP contribution in [0.4, 0.5) is 5.69 Å². The van der Waals surface area contributed by atoms with Gasteiger partial charge in [-0.05, 0) is 98.7 Å². The fourth-order valence-electron chi connectivity index (χ4n) is 5.12. The highest BCUT2D eigenvalue weighted by molar-refractivity contribution is 9.10. The van der Waals surface area contributed by atoms with Gasteiger partial charge in [-0.1, -0.05) is 83.4 Å². The number of carbonyl (C=O) groups is 1. The lowest BCUT2D eigenvalue weighted by molar-refractivity contribution is -0.118. The summed E-state index contributed by atoms with van der Waals surface area (Å²) >= 11 is 10.1. The van der Waals surface area contributed by atoms with Gasteiger partial charge >= 0.3 is 0 Å². The summed E-state index contributed by atoms with van der Waals surface area (Å²) in [5.41, 5.74) is 5.65. The van der Waals surface area contributed by atoms with Crippen LogP contribution in [-0.2, 0) is 9.53 Å². The molecule has 1 heterocycles. The van der Waals surface area contributed by atoms with E-state index in [0.29, 0.717) is 12.5 Å². The summed E-state index contributed by atoms with van der Waals surface area (Å²) in [6.45, 7) is 9.52. The van der Waals surface area contributed by atoms with Gasteiger partial charge in [-0.2, -0.15) is 0 Å². The van der Waals surface area contributed by atoms with Gasteiger partial charge in [0.2, 0.25) is 5.91 Å². The van der Waals surface area contributed by atoms with Crippen molar-refractivity contribution in [3.8, 4) is 0 Å². The lowest BCUT2D eigenvalue weighted by Gasteiger charge is -2.33. The van der Waals surface area contributed by atoms with Crippen LogP contribution in [0.2, 0.25) is 0 Å². The Morgan fingerprint density at radius 3 is 2.59 bits per heavy atom. The van der Waals surface area contributed by atoms with Crippen molar-refractivity contribution < 1.29 is 9.53 Å². The van der Waals surface area contributed by atoms with Crippen LogP contribution in [0.3, 0.4) is 0 Å². The summed E-state index contributed by atoms with van der Waals surface area (Å²) in [7, 11) is 0. The molecule has 0 bridgehead atoms. The molecule has 6 heteroatoms. The number of rotatable bonds is 10. The van der Waals surface area contributed by atoms with Crippen LogP contribution >= 0.6 is 27.5 Å². The minimum atomic E-state index is -0.0272. The summed E-state index contributed by atoms with van der Waals surface area (Å²) in [6, 6.07) is 16.8. The Kier molecular flexibility index (Phi) is 11.0. The van der Waals surface area contributed by atoms with Crippen molar-refractivity contribution in [3.05, 3.63) is 98.5 Å². The fraction of sp³-hybridized carbons (Fsp3) is 0.424. The molecule has 1 saturated heterocycles. The predicted molar refractivity (Wildman–Crippen MR) is 166 cm³/mol. The number of nitrogens with zero attached hydrogens (tertiary/aromatic N) is 1. The molecule has 1 aliphatic carbocycles. The minimum Gasteiger partial charge on any atom is -0.369 e. The molecule has 0 radical (unpaired) electrons.